The van der Waals surface area contributed by atoms with Gasteiger partial charge in [-0.3, -0.25) is 9.59 Å². The predicted octanol–water partition coefficient (Wildman–Crippen LogP) is 4.03. The molecule has 31 heavy (non-hydrogen) atoms. The molecule has 0 aromatic heterocycles. The monoisotopic (exact) mass is 424 g/mol. The number of rotatable bonds is 6. The molecule has 1 heterocycles. The van der Waals surface area contributed by atoms with Gasteiger partial charge in [-0.15, -0.1) is 0 Å². The number of ether oxygens (including phenoxy) is 1. The first-order valence-electron chi connectivity index (χ1n) is 11.0. The van der Waals surface area contributed by atoms with Crippen LogP contribution in [0.15, 0.2) is 48.5 Å². The second kappa shape index (κ2) is 9.18. The lowest BCUT2D eigenvalue weighted by atomic mass is 9.65. The zero-order valence-corrected chi connectivity index (χ0v) is 17.9. The van der Waals surface area contributed by atoms with Gasteiger partial charge < -0.3 is 15.0 Å². The molecule has 5 nitrogen and oxygen atoms in total. The van der Waals surface area contributed by atoms with E-state index in [2.05, 4.69) is 5.32 Å². The number of hydrogen-bond donors (Lipinski definition) is 1. The number of hydrogen-bond acceptors (Lipinski definition) is 3. The normalized spacial score (nSPS) is 19.9. The average molecular weight is 425 g/mol. The molecular weight excluding hydrogens is 395 g/mol. The lowest BCUT2D eigenvalue weighted by Gasteiger charge is -2.53. The molecule has 4 rings (SSSR count). The van der Waals surface area contributed by atoms with Gasteiger partial charge in [0.15, 0.2) is 0 Å². The van der Waals surface area contributed by atoms with E-state index in [1.165, 1.54) is 12.1 Å². The van der Waals surface area contributed by atoms with Crippen LogP contribution in [-0.4, -0.2) is 42.5 Å². The van der Waals surface area contributed by atoms with Crippen LogP contribution in [0.1, 0.15) is 59.5 Å². The fraction of sp³-hybridized carbons (Fsp3) is 0.440. The van der Waals surface area contributed by atoms with E-state index in [4.69, 9.17) is 4.74 Å². The Hall–Kier alpha value is -2.73. The fourth-order valence-corrected chi connectivity index (χ4v) is 5.24. The number of nitrogens with zero attached hydrogens (tertiary/aromatic N) is 1. The van der Waals surface area contributed by atoms with Crippen molar-refractivity contribution in [3.63, 3.8) is 0 Å². The first kappa shape index (κ1) is 21.5. The maximum atomic E-state index is 13.6. The minimum Gasteiger partial charge on any atom is -0.383 e. The van der Waals surface area contributed by atoms with Crippen LogP contribution in [0.2, 0.25) is 0 Å². The van der Waals surface area contributed by atoms with Crippen molar-refractivity contribution >= 4 is 11.8 Å². The van der Waals surface area contributed by atoms with E-state index in [-0.39, 0.29) is 17.6 Å². The number of benzene rings is 2. The van der Waals surface area contributed by atoms with E-state index < -0.39 is 11.5 Å². The third-order valence-corrected chi connectivity index (χ3v) is 6.70. The van der Waals surface area contributed by atoms with Crippen LogP contribution < -0.4 is 5.32 Å². The highest BCUT2D eigenvalue weighted by Crippen LogP contribution is 2.49. The quantitative estimate of drug-likeness (QED) is 0.762. The average Bonchev–Trinajstić information content (AvgIpc) is 2.79. The molecule has 2 aliphatic rings. The van der Waals surface area contributed by atoms with Gasteiger partial charge in [-0.1, -0.05) is 49.6 Å². The summed E-state index contributed by atoms with van der Waals surface area (Å²) < 4.78 is 18.5. The standard InChI is InChI=1S/C25H29FN2O3/c1-31-16-15-28-24(30)21-8-4-3-7-20(21)22(25(28)13-5-2-6-14-25)23(29)27-17-18-9-11-19(26)12-10-18/h3-4,7-12,22H,2,5-6,13-17H2,1H3,(H,27,29). The number of carbonyl (C=O) groups excluding carboxylic acids is 2. The Kier molecular flexibility index (Phi) is 6.37. The summed E-state index contributed by atoms with van der Waals surface area (Å²) in [6.45, 7) is 1.21. The molecule has 2 aromatic rings. The molecular formula is C25H29FN2O3. The van der Waals surface area contributed by atoms with Crippen molar-refractivity contribution in [1.82, 2.24) is 10.2 Å². The van der Waals surface area contributed by atoms with Gasteiger partial charge in [0.2, 0.25) is 5.91 Å². The molecule has 0 bridgehead atoms. The summed E-state index contributed by atoms with van der Waals surface area (Å²) in [6, 6.07) is 13.6. The maximum Gasteiger partial charge on any atom is 0.254 e. The molecule has 1 aliphatic carbocycles. The molecule has 0 saturated heterocycles. The molecule has 1 aliphatic heterocycles. The molecule has 1 saturated carbocycles. The number of nitrogens with one attached hydrogen (secondary N) is 1. The largest absolute Gasteiger partial charge is 0.383 e. The summed E-state index contributed by atoms with van der Waals surface area (Å²) in [5.41, 5.74) is 1.69. The summed E-state index contributed by atoms with van der Waals surface area (Å²) in [5.74, 6) is -0.852. The first-order chi connectivity index (χ1) is 15.1. The lowest BCUT2D eigenvalue weighted by Crippen LogP contribution is -2.63. The van der Waals surface area contributed by atoms with Gasteiger partial charge in [0.1, 0.15) is 5.82 Å². The molecule has 1 spiro atoms. The molecule has 1 fully saturated rings. The number of methoxy groups -OCH3 is 1. The summed E-state index contributed by atoms with van der Waals surface area (Å²) in [7, 11) is 1.63. The van der Waals surface area contributed by atoms with E-state index in [0.717, 1.165) is 43.2 Å². The smallest absolute Gasteiger partial charge is 0.254 e. The van der Waals surface area contributed by atoms with Crippen LogP contribution in [0.4, 0.5) is 4.39 Å². The summed E-state index contributed by atoms with van der Waals surface area (Å²) in [5, 5.41) is 3.06. The number of amides is 2. The van der Waals surface area contributed by atoms with E-state index in [0.29, 0.717) is 25.3 Å². The van der Waals surface area contributed by atoms with Crippen LogP contribution in [0.25, 0.3) is 0 Å². The molecule has 1 N–H and O–H groups in total. The summed E-state index contributed by atoms with van der Waals surface area (Å²) in [4.78, 5) is 29.0. The number of carbonyl (C=O) groups is 2. The highest BCUT2D eigenvalue weighted by Gasteiger charge is 2.54. The topological polar surface area (TPSA) is 58.6 Å². The number of fused-ring (bicyclic) bond motifs is 1. The molecule has 1 atom stereocenters. The van der Waals surface area contributed by atoms with Crippen LogP contribution in [0.3, 0.4) is 0 Å². The molecule has 2 aromatic carbocycles. The van der Waals surface area contributed by atoms with Crippen molar-refractivity contribution in [3.8, 4) is 0 Å². The molecule has 2 amide bonds. The van der Waals surface area contributed by atoms with Gasteiger partial charge in [0, 0.05) is 25.8 Å². The van der Waals surface area contributed by atoms with Gasteiger partial charge in [0.25, 0.3) is 5.91 Å². The minimum atomic E-state index is -0.547. The number of halogens is 1. The van der Waals surface area contributed by atoms with E-state index in [1.54, 1.807) is 19.2 Å². The highest BCUT2D eigenvalue weighted by atomic mass is 19.1. The second-order valence-electron chi connectivity index (χ2n) is 8.48. The van der Waals surface area contributed by atoms with Crippen molar-refractivity contribution in [3.05, 3.63) is 71.0 Å². The highest BCUT2D eigenvalue weighted by molar-refractivity contribution is 6.02. The van der Waals surface area contributed by atoms with Gasteiger partial charge in [-0.25, -0.2) is 4.39 Å². The zero-order valence-electron chi connectivity index (χ0n) is 17.9. The Balaban J connectivity index is 1.70. The lowest BCUT2D eigenvalue weighted by molar-refractivity contribution is -0.127. The van der Waals surface area contributed by atoms with E-state index in [1.807, 2.05) is 29.2 Å². The molecule has 164 valence electrons. The summed E-state index contributed by atoms with van der Waals surface area (Å²) >= 11 is 0. The maximum absolute atomic E-state index is 13.6. The SMILES string of the molecule is COCCN1C(=O)c2ccccc2C(C(=O)NCc2ccc(F)cc2)C12CCCCC2. The fourth-order valence-electron chi connectivity index (χ4n) is 5.24. The molecule has 0 radical (unpaired) electrons. The Morgan fingerprint density at radius 3 is 2.55 bits per heavy atom. The van der Waals surface area contributed by atoms with Crippen molar-refractivity contribution in [2.75, 3.05) is 20.3 Å². The Labute approximate surface area is 182 Å². The third kappa shape index (κ3) is 4.09. The van der Waals surface area contributed by atoms with Crippen molar-refractivity contribution < 1.29 is 18.7 Å². The molecule has 6 heteroatoms. The van der Waals surface area contributed by atoms with Gasteiger partial charge in [-0.2, -0.15) is 0 Å². The minimum absolute atomic E-state index is 0.0165. The Bertz CT molecular complexity index is 938. The van der Waals surface area contributed by atoms with Crippen molar-refractivity contribution in [2.24, 2.45) is 0 Å². The first-order valence-corrected chi connectivity index (χ1v) is 11.0. The zero-order chi connectivity index (χ0) is 21.8. The molecule has 1 unspecified atom stereocenters. The van der Waals surface area contributed by atoms with E-state index >= 15 is 0 Å². The van der Waals surface area contributed by atoms with Crippen LogP contribution >= 0.6 is 0 Å². The Morgan fingerprint density at radius 2 is 1.84 bits per heavy atom. The van der Waals surface area contributed by atoms with Crippen molar-refractivity contribution in [1.29, 1.82) is 0 Å². The second-order valence-corrected chi connectivity index (χ2v) is 8.48. The van der Waals surface area contributed by atoms with Crippen LogP contribution in [0, 0.1) is 5.82 Å². The Morgan fingerprint density at radius 1 is 1.13 bits per heavy atom. The van der Waals surface area contributed by atoms with Gasteiger partial charge in [-0.05, 0) is 42.2 Å². The summed E-state index contributed by atoms with van der Waals surface area (Å²) in [6.07, 6.45) is 4.68. The van der Waals surface area contributed by atoms with Crippen LogP contribution in [0.5, 0.6) is 0 Å². The van der Waals surface area contributed by atoms with E-state index in [9.17, 15) is 14.0 Å². The van der Waals surface area contributed by atoms with Gasteiger partial charge in [0.05, 0.1) is 18.1 Å². The van der Waals surface area contributed by atoms with Gasteiger partial charge >= 0.3 is 0 Å². The van der Waals surface area contributed by atoms with Crippen molar-refractivity contribution in [2.45, 2.75) is 50.1 Å². The van der Waals surface area contributed by atoms with Crippen LogP contribution in [-0.2, 0) is 16.1 Å². The third-order valence-electron chi connectivity index (χ3n) is 6.70. The predicted molar refractivity (Wildman–Crippen MR) is 116 cm³/mol.